The van der Waals surface area contributed by atoms with Crippen molar-refractivity contribution in [1.82, 2.24) is 4.98 Å². The number of sulfonamides is 1. The Hall–Kier alpha value is -2.45. The van der Waals surface area contributed by atoms with Crippen molar-refractivity contribution in [2.75, 3.05) is 10.0 Å². The van der Waals surface area contributed by atoms with Gasteiger partial charge in [-0.2, -0.15) is 0 Å². The lowest BCUT2D eigenvalue weighted by molar-refractivity contribution is -0.115. The molecule has 0 radical (unpaired) electrons. The number of amides is 1. The third-order valence-corrected chi connectivity index (χ3v) is 6.28. The molecule has 6 nitrogen and oxygen atoms in total. The van der Waals surface area contributed by atoms with Crippen LogP contribution in [0.25, 0.3) is 10.2 Å². The first-order valence-electron chi connectivity index (χ1n) is 8.24. The molecular weight excluding hydrogens is 370 g/mol. The minimum Gasteiger partial charge on any atom is -0.302 e. The van der Waals surface area contributed by atoms with E-state index in [0.717, 1.165) is 10.3 Å². The quantitative estimate of drug-likeness (QED) is 0.667. The number of nitrogens with one attached hydrogen (secondary N) is 2. The third kappa shape index (κ3) is 3.86. The summed E-state index contributed by atoms with van der Waals surface area (Å²) in [6.07, 6.45) is 1.00. The first-order valence-corrected chi connectivity index (χ1v) is 10.5. The van der Waals surface area contributed by atoms with Crippen molar-refractivity contribution in [3.05, 3.63) is 48.0 Å². The topological polar surface area (TPSA) is 88.2 Å². The molecule has 0 aliphatic heterocycles. The van der Waals surface area contributed by atoms with E-state index in [4.69, 9.17) is 0 Å². The van der Waals surface area contributed by atoms with E-state index < -0.39 is 10.0 Å². The van der Waals surface area contributed by atoms with Gasteiger partial charge in [0.2, 0.25) is 5.91 Å². The average molecular weight is 390 g/mol. The second-order valence-corrected chi connectivity index (χ2v) is 8.35. The van der Waals surface area contributed by atoms with E-state index in [1.165, 1.54) is 11.3 Å². The molecule has 0 aliphatic rings. The van der Waals surface area contributed by atoms with Crippen LogP contribution in [-0.4, -0.2) is 19.3 Å². The van der Waals surface area contributed by atoms with Crippen molar-refractivity contribution < 1.29 is 13.2 Å². The van der Waals surface area contributed by atoms with Crippen LogP contribution in [0.1, 0.15) is 25.8 Å². The number of anilines is 2. The molecule has 2 aromatic carbocycles. The molecule has 3 aromatic rings. The summed E-state index contributed by atoms with van der Waals surface area (Å²) < 4.78 is 28.9. The zero-order valence-electron chi connectivity index (χ0n) is 14.4. The number of rotatable bonds is 6. The number of nitrogens with zero attached hydrogens (tertiary/aromatic N) is 1. The summed E-state index contributed by atoms with van der Waals surface area (Å²) in [4.78, 5) is 16.1. The third-order valence-electron chi connectivity index (χ3n) is 3.85. The SMILES string of the molecule is CCC(=O)Nc1nc2cc(NS(=O)(=O)c3ccccc3CC)ccc2s1. The van der Waals surface area contributed by atoms with E-state index in [1.54, 1.807) is 43.3 Å². The van der Waals surface area contributed by atoms with E-state index in [9.17, 15) is 13.2 Å². The summed E-state index contributed by atoms with van der Waals surface area (Å²) in [6.45, 7) is 3.69. The molecule has 1 amide bonds. The van der Waals surface area contributed by atoms with Gasteiger partial charge in [-0.15, -0.1) is 0 Å². The van der Waals surface area contributed by atoms with Crippen molar-refractivity contribution in [3.63, 3.8) is 0 Å². The standard InChI is InChI=1S/C18H19N3O3S2/c1-3-12-7-5-6-8-16(12)26(23,24)21-13-9-10-15-14(11-13)19-18(25-15)20-17(22)4-2/h5-11,21H,3-4H2,1-2H3,(H,19,20,22). The molecule has 136 valence electrons. The number of aromatic nitrogens is 1. The van der Waals surface area contributed by atoms with Crippen LogP contribution < -0.4 is 10.0 Å². The predicted octanol–water partition coefficient (Wildman–Crippen LogP) is 4.01. The fraction of sp³-hybridized carbons (Fsp3) is 0.222. The average Bonchev–Trinajstić information content (AvgIpc) is 3.02. The number of fused-ring (bicyclic) bond motifs is 1. The molecule has 3 rings (SSSR count). The Morgan fingerprint density at radius 3 is 2.65 bits per heavy atom. The molecule has 8 heteroatoms. The molecule has 0 unspecified atom stereocenters. The largest absolute Gasteiger partial charge is 0.302 e. The van der Waals surface area contributed by atoms with Gasteiger partial charge in [-0.05, 0) is 36.2 Å². The molecule has 1 aromatic heterocycles. The Balaban J connectivity index is 1.89. The Kier molecular flexibility index (Phi) is 5.24. The number of hydrogen-bond acceptors (Lipinski definition) is 5. The maximum Gasteiger partial charge on any atom is 0.262 e. The van der Waals surface area contributed by atoms with Crippen molar-refractivity contribution in [3.8, 4) is 0 Å². The van der Waals surface area contributed by atoms with E-state index in [-0.39, 0.29) is 10.8 Å². The number of carbonyl (C=O) groups excluding carboxylic acids is 1. The fourth-order valence-electron chi connectivity index (χ4n) is 2.52. The van der Waals surface area contributed by atoms with E-state index in [2.05, 4.69) is 15.0 Å². The molecule has 0 spiro atoms. The van der Waals surface area contributed by atoms with E-state index in [0.29, 0.717) is 29.2 Å². The van der Waals surface area contributed by atoms with Gasteiger partial charge in [0.25, 0.3) is 10.0 Å². The number of hydrogen-bond donors (Lipinski definition) is 2. The molecule has 0 saturated carbocycles. The zero-order valence-corrected chi connectivity index (χ0v) is 16.1. The Morgan fingerprint density at radius 1 is 1.15 bits per heavy atom. The van der Waals surface area contributed by atoms with Gasteiger partial charge in [-0.3, -0.25) is 9.52 Å². The molecule has 0 saturated heterocycles. The van der Waals surface area contributed by atoms with Gasteiger partial charge in [0.1, 0.15) is 0 Å². The zero-order chi connectivity index (χ0) is 18.7. The first-order chi connectivity index (χ1) is 12.4. The van der Waals surface area contributed by atoms with Crippen LogP contribution in [0.4, 0.5) is 10.8 Å². The first kappa shape index (κ1) is 18.3. The summed E-state index contributed by atoms with van der Waals surface area (Å²) in [6, 6.07) is 12.1. The lowest BCUT2D eigenvalue weighted by Gasteiger charge is -2.11. The van der Waals surface area contributed by atoms with E-state index in [1.807, 2.05) is 13.0 Å². The van der Waals surface area contributed by atoms with Gasteiger partial charge >= 0.3 is 0 Å². The van der Waals surface area contributed by atoms with Crippen LogP contribution in [0, 0.1) is 0 Å². The van der Waals surface area contributed by atoms with Crippen LogP contribution >= 0.6 is 11.3 Å². The number of thiazole rings is 1. The van der Waals surface area contributed by atoms with E-state index >= 15 is 0 Å². The Bertz CT molecular complexity index is 1060. The molecule has 1 heterocycles. The van der Waals surface area contributed by atoms with Crippen molar-refractivity contribution in [2.45, 2.75) is 31.6 Å². The summed E-state index contributed by atoms with van der Waals surface area (Å²) >= 11 is 1.35. The highest BCUT2D eigenvalue weighted by molar-refractivity contribution is 7.92. The summed E-state index contributed by atoms with van der Waals surface area (Å²) in [7, 11) is -3.68. The number of carbonyl (C=O) groups is 1. The second-order valence-electron chi connectivity index (χ2n) is 5.67. The van der Waals surface area contributed by atoms with Gasteiger partial charge in [-0.1, -0.05) is 43.4 Å². The molecule has 2 N–H and O–H groups in total. The van der Waals surface area contributed by atoms with Crippen molar-refractivity contribution in [2.24, 2.45) is 0 Å². The smallest absolute Gasteiger partial charge is 0.262 e. The van der Waals surface area contributed by atoms with Gasteiger partial charge in [-0.25, -0.2) is 13.4 Å². The normalized spacial score (nSPS) is 11.5. The highest BCUT2D eigenvalue weighted by Crippen LogP contribution is 2.29. The lowest BCUT2D eigenvalue weighted by Crippen LogP contribution is -2.14. The maximum atomic E-state index is 12.7. The number of aryl methyl sites for hydroxylation is 1. The minimum atomic E-state index is -3.68. The predicted molar refractivity (Wildman–Crippen MR) is 105 cm³/mol. The molecular formula is C18H19N3O3S2. The number of benzene rings is 2. The van der Waals surface area contributed by atoms with Crippen molar-refractivity contribution >= 4 is 48.3 Å². The second kappa shape index (κ2) is 7.43. The van der Waals surface area contributed by atoms with Crippen LogP contribution in [0.3, 0.4) is 0 Å². The summed E-state index contributed by atoms with van der Waals surface area (Å²) in [5.74, 6) is -0.110. The highest BCUT2D eigenvalue weighted by Gasteiger charge is 2.18. The molecule has 0 fully saturated rings. The van der Waals surface area contributed by atoms with Crippen molar-refractivity contribution in [1.29, 1.82) is 0 Å². The van der Waals surface area contributed by atoms with Crippen LogP contribution in [0.2, 0.25) is 0 Å². The van der Waals surface area contributed by atoms with Gasteiger partial charge in [0.05, 0.1) is 20.8 Å². The van der Waals surface area contributed by atoms with Crippen LogP contribution in [0.15, 0.2) is 47.4 Å². The lowest BCUT2D eigenvalue weighted by atomic mass is 10.2. The molecule has 0 bridgehead atoms. The van der Waals surface area contributed by atoms with Gasteiger partial charge in [0, 0.05) is 6.42 Å². The summed E-state index contributed by atoms with van der Waals surface area (Å²) in [5.41, 5.74) is 1.83. The van der Waals surface area contributed by atoms with Crippen LogP contribution in [-0.2, 0) is 21.2 Å². The molecule has 0 aliphatic carbocycles. The van der Waals surface area contributed by atoms with Gasteiger partial charge in [0.15, 0.2) is 5.13 Å². The molecule has 26 heavy (non-hydrogen) atoms. The maximum absolute atomic E-state index is 12.7. The molecule has 0 atom stereocenters. The Labute approximate surface area is 156 Å². The van der Waals surface area contributed by atoms with Gasteiger partial charge < -0.3 is 5.32 Å². The van der Waals surface area contributed by atoms with Crippen LogP contribution in [0.5, 0.6) is 0 Å². The minimum absolute atomic E-state index is 0.110. The summed E-state index contributed by atoms with van der Waals surface area (Å²) in [5, 5.41) is 3.22. The Morgan fingerprint density at radius 2 is 1.92 bits per heavy atom. The monoisotopic (exact) mass is 389 g/mol. The highest BCUT2D eigenvalue weighted by atomic mass is 32.2. The fourth-order valence-corrected chi connectivity index (χ4v) is 4.75.